The van der Waals surface area contributed by atoms with Crippen molar-refractivity contribution in [3.63, 3.8) is 0 Å². The molecule has 0 aliphatic carbocycles. The first-order chi connectivity index (χ1) is 7.29. The number of ether oxygens (including phenoxy) is 1. The minimum Gasteiger partial charge on any atom is -0.496 e. The lowest BCUT2D eigenvalue weighted by molar-refractivity contribution is 0.161. The molecule has 1 rings (SSSR count). The van der Waals surface area contributed by atoms with E-state index >= 15 is 0 Å². The number of aliphatic hydroxyl groups excluding tert-OH is 1. The molecule has 1 atom stereocenters. The van der Waals surface area contributed by atoms with Crippen molar-refractivity contribution in [3.05, 3.63) is 42.5 Å². The minimum atomic E-state index is -0.443. The second-order valence-corrected chi connectivity index (χ2v) is 3.48. The number of hydrogen-bond acceptors (Lipinski definition) is 2. The Labute approximate surface area is 91.2 Å². The maximum absolute atomic E-state index is 9.94. The first-order valence-electron chi connectivity index (χ1n) is 5.21. The quantitative estimate of drug-likeness (QED) is 0.572. The van der Waals surface area contributed by atoms with E-state index in [2.05, 4.69) is 6.58 Å². The fraction of sp³-hybridized carbons (Fsp3) is 0.385. The highest BCUT2D eigenvalue weighted by Gasteiger charge is 2.11. The molecular formula is C13H18O2. The number of unbranched alkanes of at least 4 members (excludes halogenated alkanes) is 1. The van der Waals surface area contributed by atoms with Crippen LogP contribution in [0, 0.1) is 0 Å². The number of hydrogen-bond donors (Lipinski definition) is 1. The van der Waals surface area contributed by atoms with Crippen LogP contribution in [0.15, 0.2) is 36.9 Å². The Balaban J connectivity index is 2.63. The van der Waals surface area contributed by atoms with E-state index in [9.17, 15) is 5.11 Å². The van der Waals surface area contributed by atoms with E-state index in [0.29, 0.717) is 0 Å². The predicted molar refractivity (Wildman–Crippen MR) is 62.0 cm³/mol. The largest absolute Gasteiger partial charge is 0.496 e. The third-order valence-electron chi connectivity index (χ3n) is 2.38. The summed E-state index contributed by atoms with van der Waals surface area (Å²) in [5.41, 5.74) is 0.865. The molecule has 1 unspecified atom stereocenters. The summed E-state index contributed by atoms with van der Waals surface area (Å²) < 4.78 is 5.19. The van der Waals surface area contributed by atoms with E-state index in [1.54, 1.807) is 7.11 Å². The van der Waals surface area contributed by atoms with Gasteiger partial charge in [0.1, 0.15) is 5.75 Å². The molecule has 0 aliphatic rings. The Morgan fingerprint density at radius 2 is 2.20 bits per heavy atom. The summed E-state index contributed by atoms with van der Waals surface area (Å²) in [6.07, 6.45) is 4.05. The second kappa shape index (κ2) is 6.25. The Hall–Kier alpha value is -1.28. The Morgan fingerprint density at radius 3 is 2.87 bits per heavy atom. The van der Waals surface area contributed by atoms with E-state index in [4.69, 9.17) is 4.74 Å². The first kappa shape index (κ1) is 11.8. The molecule has 1 N–H and O–H groups in total. The predicted octanol–water partition coefficient (Wildman–Crippen LogP) is 3.08. The third-order valence-corrected chi connectivity index (χ3v) is 2.38. The molecule has 2 nitrogen and oxygen atoms in total. The van der Waals surface area contributed by atoms with Crippen LogP contribution in [0.4, 0.5) is 0 Å². The summed E-state index contributed by atoms with van der Waals surface area (Å²) in [4.78, 5) is 0. The van der Waals surface area contributed by atoms with Gasteiger partial charge in [-0.15, -0.1) is 6.58 Å². The highest BCUT2D eigenvalue weighted by Crippen LogP contribution is 2.27. The van der Waals surface area contributed by atoms with Crippen LogP contribution in [-0.2, 0) is 0 Å². The molecule has 82 valence electrons. The van der Waals surface area contributed by atoms with Gasteiger partial charge in [0, 0.05) is 5.56 Å². The standard InChI is InChI=1S/C13H18O2/c1-3-4-5-9-12(14)11-8-6-7-10-13(11)15-2/h3,6-8,10,12,14H,1,4-5,9H2,2H3. The zero-order valence-electron chi connectivity index (χ0n) is 9.15. The second-order valence-electron chi connectivity index (χ2n) is 3.48. The number of aliphatic hydroxyl groups is 1. The van der Waals surface area contributed by atoms with Crippen molar-refractivity contribution in [3.8, 4) is 5.75 Å². The highest BCUT2D eigenvalue weighted by molar-refractivity contribution is 5.34. The average Bonchev–Trinajstić information content (AvgIpc) is 2.29. The van der Waals surface area contributed by atoms with E-state index in [-0.39, 0.29) is 0 Å². The molecule has 0 aromatic heterocycles. The topological polar surface area (TPSA) is 29.5 Å². The lowest BCUT2D eigenvalue weighted by Crippen LogP contribution is -2.00. The lowest BCUT2D eigenvalue weighted by Gasteiger charge is -2.13. The molecule has 0 saturated heterocycles. The van der Waals surface area contributed by atoms with Crippen molar-refractivity contribution in [2.45, 2.75) is 25.4 Å². The maximum Gasteiger partial charge on any atom is 0.124 e. The monoisotopic (exact) mass is 206 g/mol. The van der Waals surface area contributed by atoms with Gasteiger partial charge in [0.15, 0.2) is 0 Å². The maximum atomic E-state index is 9.94. The summed E-state index contributed by atoms with van der Waals surface area (Å²) in [5.74, 6) is 0.753. The normalized spacial score (nSPS) is 12.1. The molecule has 0 heterocycles. The van der Waals surface area contributed by atoms with E-state index < -0.39 is 6.10 Å². The van der Waals surface area contributed by atoms with Gasteiger partial charge in [-0.05, 0) is 25.3 Å². The Bertz CT molecular complexity index is 307. The van der Waals surface area contributed by atoms with Crippen molar-refractivity contribution >= 4 is 0 Å². The molecule has 0 aliphatic heterocycles. The van der Waals surface area contributed by atoms with E-state index in [0.717, 1.165) is 30.6 Å². The SMILES string of the molecule is C=CCCCC(O)c1ccccc1OC. The summed E-state index contributed by atoms with van der Waals surface area (Å²) in [6, 6.07) is 7.58. The minimum absolute atomic E-state index is 0.443. The van der Waals surface area contributed by atoms with Crippen LogP contribution < -0.4 is 4.74 Å². The van der Waals surface area contributed by atoms with Crippen LogP contribution in [0.25, 0.3) is 0 Å². The number of para-hydroxylation sites is 1. The van der Waals surface area contributed by atoms with Crippen molar-refractivity contribution in [1.29, 1.82) is 0 Å². The molecule has 0 bridgehead atoms. The smallest absolute Gasteiger partial charge is 0.124 e. The van der Waals surface area contributed by atoms with Gasteiger partial charge in [0.25, 0.3) is 0 Å². The molecular weight excluding hydrogens is 188 g/mol. The van der Waals surface area contributed by atoms with Gasteiger partial charge in [0.05, 0.1) is 13.2 Å². The average molecular weight is 206 g/mol. The molecule has 0 saturated carbocycles. The molecule has 0 radical (unpaired) electrons. The van der Waals surface area contributed by atoms with Crippen molar-refractivity contribution < 1.29 is 9.84 Å². The number of methoxy groups -OCH3 is 1. The summed E-state index contributed by atoms with van der Waals surface area (Å²) >= 11 is 0. The van der Waals surface area contributed by atoms with Gasteiger partial charge in [0.2, 0.25) is 0 Å². The van der Waals surface area contributed by atoms with E-state index in [1.165, 1.54) is 0 Å². The molecule has 15 heavy (non-hydrogen) atoms. The molecule has 0 spiro atoms. The van der Waals surface area contributed by atoms with Gasteiger partial charge < -0.3 is 9.84 Å². The summed E-state index contributed by atoms with van der Waals surface area (Å²) in [5, 5.41) is 9.94. The molecule has 0 amide bonds. The van der Waals surface area contributed by atoms with Gasteiger partial charge in [-0.25, -0.2) is 0 Å². The zero-order chi connectivity index (χ0) is 11.1. The first-order valence-corrected chi connectivity index (χ1v) is 5.21. The van der Waals surface area contributed by atoms with E-state index in [1.807, 2.05) is 30.3 Å². The fourth-order valence-electron chi connectivity index (χ4n) is 1.55. The van der Waals surface area contributed by atoms with Gasteiger partial charge in [-0.2, -0.15) is 0 Å². The highest BCUT2D eigenvalue weighted by atomic mass is 16.5. The molecule has 1 aromatic rings. The van der Waals surface area contributed by atoms with Crippen LogP contribution in [0.2, 0.25) is 0 Å². The molecule has 2 heteroatoms. The number of benzene rings is 1. The van der Waals surface area contributed by atoms with Crippen molar-refractivity contribution in [1.82, 2.24) is 0 Å². The summed E-state index contributed by atoms with van der Waals surface area (Å²) in [6.45, 7) is 3.66. The van der Waals surface area contributed by atoms with Gasteiger partial charge in [-0.3, -0.25) is 0 Å². The molecule has 0 fully saturated rings. The summed E-state index contributed by atoms with van der Waals surface area (Å²) in [7, 11) is 1.62. The molecule has 1 aromatic carbocycles. The fourth-order valence-corrected chi connectivity index (χ4v) is 1.55. The van der Waals surface area contributed by atoms with Gasteiger partial charge >= 0.3 is 0 Å². The Morgan fingerprint density at radius 1 is 1.47 bits per heavy atom. The third kappa shape index (κ3) is 3.40. The van der Waals surface area contributed by atoms with Crippen LogP contribution in [0.1, 0.15) is 30.9 Å². The van der Waals surface area contributed by atoms with Crippen LogP contribution >= 0.6 is 0 Å². The lowest BCUT2D eigenvalue weighted by atomic mass is 10.0. The van der Waals surface area contributed by atoms with Crippen LogP contribution in [0.5, 0.6) is 5.75 Å². The van der Waals surface area contributed by atoms with Crippen LogP contribution in [-0.4, -0.2) is 12.2 Å². The number of rotatable bonds is 6. The van der Waals surface area contributed by atoms with Crippen molar-refractivity contribution in [2.75, 3.05) is 7.11 Å². The Kier molecular flexibility index (Phi) is 4.91. The van der Waals surface area contributed by atoms with Crippen LogP contribution in [0.3, 0.4) is 0 Å². The van der Waals surface area contributed by atoms with Gasteiger partial charge in [-0.1, -0.05) is 24.3 Å². The number of allylic oxidation sites excluding steroid dienone is 1. The zero-order valence-corrected chi connectivity index (χ0v) is 9.15. The van der Waals surface area contributed by atoms with Crippen molar-refractivity contribution in [2.24, 2.45) is 0 Å².